The first-order valence-corrected chi connectivity index (χ1v) is 7.36. The van der Waals surface area contributed by atoms with Crippen molar-refractivity contribution in [3.05, 3.63) is 22.7 Å². The van der Waals surface area contributed by atoms with Crippen molar-refractivity contribution in [2.75, 3.05) is 0 Å². The second kappa shape index (κ2) is 9.09. The van der Waals surface area contributed by atoms with E-state index in [1.54, 1.807) is 55.4 Å². The molecule has 122 valence electrons. The van der Waals surface area contributed by atoms with Crippen molar-refractivity contribution in [1.29, 1.82) is 0 Å². The predicted octanol–water partition coefficient (Wildman–Crippen LogP) is 3.98. The van der Waals surface area contributed by atoms with Crippen molar-refractivity contribution < 1.29 is 19.1 Å². The van der Waals surface area contributed by atoms with E-state index in [1.165, 1.54) is 0 Å². The summed E-state index contributed by atoms with van der Waals surface area (Å²) in [6, 6.07) is 0. The summed E-state index contributed by atoms with van der Waals surface area (Å²) in [5.74, 6) is 4.98. The molecule has 0 aliphatic carbocycles. The summed E-state index contributed by atoms with van der Waals surface area (Å²) in [5.41, 5.74) is 1.56. The fourth-order valence-corrected chi connectivity index (χ4v) is 1.06. The van der Waals surface area contributed by atoms with Gasteiger partial charge in [-0.1, -0.05) is 27.7 Å². The lowest BCUT2D eigenvalue weighted by Crippen LogP contribution is -2.12. The molecule has 0 aliphatic heterocycles. The Bertz CT molecular complexity index is 495. The van der Waals surface area contributed by atoms with Crippen molar-refractivity contribution in [2.24, 2.45) is 11.8 Å². The Morgan fingerprint density at radius 3 is 1.14 bits per heavy atom. The fourth-order valence-electron chi connectivity index (χ4n) is 1.06. The summed E-state index contributed by atoms with van der Waals surface area (Å²) < 4.78 is 10.5. The minimum absolute atomic E-state index is 0.238. The Labute approximate surface area is 133 Å². The molecule has 0 fully saturated rings. The van der Waals surface area contributed by atoms with Gasteiger partial charge in [0.05, 0.1) is 11.8 Å². The second-order valence-electron chi connectivity index (χ2n) is 6.06. The van der Waals surface area contributed by atoms with Crippen LogP contribution >= 0.6 is 0 Å². The molecule has 0 aromatic heterocycles. The number of carbonyl (C=O) groups is 2. The van der Waals surface area contributed by atoms with Gasteiger partial charge in [-0.15, -0.1) is 0 Å². The third-order valence-corrected chi connectivity index (χ3v) is 2.55. The number of esters is 2. The van der Waals surface area contributed by atoms with Gasteiger partial charge in [-0.3, -0.25) is 9.59 Å². The molecule has 0 bridgehead atoms. The van der Waals surface area contributed by atoms with E-state index in [4.69, 9.17) is 9.47 Å². The highest BCUT2D eigenvalue weighted by molar-refractivity contribution is 5.74. The zero-order chi connectivity index (χ0) is 17.4. The predicted molar refractivity (Wildman–Crippen MR) is 86.4 cm³/mol. The molecule has 0 N–H and O–H groups in total. The summed E-state index contributed by atoms with van der Waals surface area (Å²) in [6.07, 6.45) is 0. The molecule has 0 spiro atoms. The highest BCUT2D eigenvalue weighted by atomic mass is 16.5. The monoisotopic (exact) mass is 306 g/mol. The van der Waals surface area contributed by atoms with Crippen LogP contribution in [-0.4, -0.2) is 11.9 Å². The Hall–Kier alpha value is -2.02. The van der Waals surface area contributed by atoms with Crippen molar-refractivity contribution >= 4 is 11.9 Å². The first-order valence-electron chi connectivity index (χ1n) is 7.36. The van der Waals surface area contributed by atoms with Crippen LogP contribution in [-0.2, 0) is 19.1 Å². The van der Waals surface area contributed by atoms with Gasteiger partial charge < -0.3 is 9.47 Å². The largest absolute Gasteiger partial charge is 0.417 e. The average molecular weight is 306 g/mol. The number of rotatable bonds is 4. The van der Waals surface area contributed by atoms with E-state index in [9.17, 15) is 9.59 Å². The fraction of sp³-hybridized carbons (Fsp3) is 0.556. The van der Waals surface area contributed by atoms with Crippen LogP contribution in [0.1, 0.15) is 55.4 Å². The van der Waals surface area contributed by atoms with Gasteiger partial charge in [-0.05, 0) is 50.7 Å². The lowest BCUT2D eigenvalue weighted by atomic mass is 10.2. The first-order chi connectivity index (χ1) is 10.1. The van der Waals surface area contributed by atoms with Gasteiger partial charge >= 0.3 is 11.9 Å². The van der Waals surface area contributed by atoms with Gasteiger partial charge in [0.15, 0.2) is 11.5 Å². The summed E-state index contributed by atoms with van der Waals surface area (Å²) in [4.78, 5) is 23.4. The lowest BCUT2D eigenvalue weighted by Gasteiger charge is -2.09. The van der Waals surface area contributed by atoms with Gasteiger partial charge in [0.25, 0.3) is 0 Å². The summed E-state index contributed by atoms with van der Waals surface area (Å²) in [5, 5.41) is 0. The lowest BCUT2D eigenvalue weighted by molar-refractivity contribution is -0.143. The molecular formula is C18H26O4. The van der Waals surface area contributed by atoms with Crippen LogP contribution in [0.5, 0.6) is 0 Å². The highest BCUT2D eigenvalue weighted by Gasteiger charge is 2.13. The molecular weight excluding hydrogens is 280 g/mol. The molecule has 0 saturated heterocycles. The van der Waals surface area contributed by atoms with Gasteiger partial charge in [0.2, 0.25) is 0 Å². The smallest absolute Gasteiger partial charge is 0.314 e. The Balaban J connectivity index is 5.34. The minimum Gasteiger partial charge on any atom is -0.417 e. The molecule has 0 radical (unpaired) electrons. The number of hydrogen-bond acceptors (Lipinski definition) is 4. The molecule has 0 saturated carbocycles. The zero-order valence-electron chi connectivity index (χ0n) is 14.8. The molecule has 0 aliphatic rings. The summed E-state index contributed by atoms with van der Waals surface area (Å²) in [6.45, 7) is 14.2. The molecule has 22 heavy (non-hydrogen) atoms. The zero-order valence-corrected chi connectivity index (χ0v) is 14.8. The van der Waals surface area contributed by atoms with Gasteiger partial charge in [0, 0.05) is 0 Å². The van der Waals surface area contributed by atoms with E-state index in [-0.39, 0.29) is 35.3 Å². The van der Waals surface area contributed by atoms with E-state index >= 15 is 0 Å². The standard InChI is InChI=1S/C18H26O4/c1-11(2)15(21-17(19)13(5)6)9-10-16(12(3)4)22-18(20)14(7)8/h13-14H,1-8H3. The van der Waals surface area contributed by atoms with Crippen molar-refractivity contribution in [3.63, 3.8) is 0 Å². The average Bonchev–Trinajstić information content (AvgIpc) is 2.40. The minimum atomic E-state index is -0.344. The molecule has 0 heterocycles. The van der Waals surface area contributed by atoms with E-state index in [1.807, 2.05) is 0 Å². The summed E-state index contributed by atoms with van der Waals surface area (Å²) >= 11 is 0. The summed E-state index contributed by atoms with van der Waals surface area (Å²) in [7, 11) is 0. The molecule has 0 aromatic carbocycles. The molecule has 0 aromatic rings. The number of allylic oxidation sites excluding steroid dienone is 4. The van der Waals surface area contributed by atoms with Crippen LogP contribution in [0.25, 0.3) is 0 Å². The Morgan fingerprint density at radius 2 is 0.955 bits per heavy atom. The molecule has 0 unspecified atom stereocenters. The van der Waals surface area contributed by atoms with Crippen LogP contribution in [0.15, 0.2) is 22.7 Å². The third kappa shape index (κ3) is 7.12. The Morgan fingerprint density at radius 1 is 0.682 bits per heavy atom. The highest BCUT2D eigenvalue weighted by Crippen LogP contribution is 2.11. The molecule has 4 heteroatoms. The SMILES string of the molecule is CC(C)=C(C#CC(OC(=O)C(C)C)=C(C)C)OC(=O)C(C)C. The van der Waals surface area contributed by atoms with Gasteiger partial charge in [-0.25, -0.2) is 0 Å². The van der Waals surface area contributed by atoms with Crippen LogP contribution in [0, 0.1) is 23.7 Å². The van der Waals surface area contributed by atoms with E-state index in [0.29, 0.717) is 0 Å². The van der Waals surface area contributed by atoms with E-state index in [2.05, 4.69) is 11.8 Å². The van der Waals surface area contributed by atoms with E-state index < -0.39 is 0 Å². The Kier molecular flexibility index (Phi) is 8.26. The van der Waals surface area contributed by atoms with E-state index in [0.717, 1.165) is 11.1 Å². The first kappa shape index (κ1) is 20.0. The molecule has 0 amide bonds. The second-order valence-corrected chi connectivity index (χ2v) is 6.06. The van der Waals surface area contributed by atoms with Crippen LogP contribution < -0.4 is 0 Å². The van der Waals surface area contributed by atoms with Crippen LogP contribution in [0.3, 0.4) is 0 Å². The quantitative estimate of drug-likeness (QED) is 0.448. The van der Waals surface area contributed by atoms with Gasteiger partial charge in [-0.2, -0.15) is 0 Å². The van der Waals surface area contributed by atoms with Crippen LogP contribution in [0.4, 0.5) is 0 Å². The topological polar surface area (TPSA) is 52.6 Å². The molecule has 4 nitrogen and oxygen atoms in total. The number of hydrogen-bond donors (Lipinski definition) is 0. The third-order valence-electron chi connectivity index (χ3n) is 2.55. The number of carbonyl (C=O) groups excluding carboxylic acids is 2. The van der Waals surface area contributed by atoms with Crippen LogP contribution in [0.2, 0.25) is 0 Å². The maximum absolute atomic E-state index is 11.7. The number of ether oxygens (including phenoxy) is 2. The molecule has 0 atom stereocenters. The van der Waals surface area contributed by atoms with Gasteiger partial charge in [0.1, 0.15) is 0 Å². The van der Waals surface area contributed by atoms with Crippen molar-refractivity contribution in [1.82, 2.24) is 0 Å². The maximum atomic E-state index is 11.7. The normalized spacial score (nSPS) is 9.73. The van der Waals surface area contributed by atoms with Crippen molar-refractivity contribution in [2.45, 2.75) is 55.4 Å². The molecule has 0 rings (SSSR count). The van der Waals surface area contributed by atoms with Crippen molar-refractivity contribution in [3.8, 4) is 11.8 Å². The maximum Gasteiger partial charge on any atom is 0.314 e.